The van der Waals surface area contributed by atoms with Gasteiger partial charge in [-0.25, -0.2) is 9.18 Å². The minimum atomic E-state index is -1.57. The number of halogens is 1. The minimum Gasteiger partial charge on any atom is -0.455 e. The highest BCUT2D eigenvalue weighted by Gasteiger charge is 2.38. The summed E-state index contributed by atoms with van der Waals surface area (Å²) in [6.07, 6.45) is 1.94. The number of hydrogen-bond acceptors (Lipinski definition) is 5. The molecule has 4 N–H and O–H groups in total. The van der Waals surface area contributed by atoms with Gasteiger partial charge in [-0.3, -0.25) is 9.69 Å². The predicted molar refractivity (Wildman–Crippen MR) is 142 cm³/mol. The molecule has 0 spiro atoms. The second-order valence-corrected chi connectivity index (χ2v) is 9.69. The molecule has 192 valence electrons. The number of carbonyl (C=O) groups excluding carboxylic acids is 2. The summed E-state index contributed by atoms with van der Waals surface area (Å²) in [5.74, 6) is -0.131. The topological polar surface area (TPSA) is 115 Å². The van der Waals surface area contributed by atoms with Gasteiger partial charge >= 0.3 is 13.1 Å². The third-order valence-electron chi connectivity index (χ3n) is 7.27. The summed E-state index contributed by atoms with van der Waals surface area (Å²) in [6, 6.07) is 15.8. The van der Waals surface area contributed by atoms with Crippen molar-refractivity contribution in [1.29, 1.82) is 0 Å². The highest BCUT2D eigenvalue weighted by atomic mass is 19.1. The zero-order valence-corrected chi connectivity index (χ0v) is 20.6. The average Bonchev–Trinajstić information content (AvgIpc) is 3.60. The van der Waals surface area contributed by atoms with E-state index in [4.69, 9.17) is 4.42 Å². The van der Waals surface area contributed by atoms with Crippen LogP contribution in [0.2, 0.25) is 0 Å². The van der Waals surface area contributed by atoms with Crippen LogP contribution in [0.3, 0.4) is 0 Å². The quantitative estimate of drug-likeness (QED) is 0.295. The fourth-order valence-corrected chi connectivity index (χ4v) is 5.17. The van der Waals surface area contributed by atoms with Crippen molar-refractivity contribution in [3.63, 3.8) is 0 Å². The lowest BCUT2D eigenvalue weighted by molar-refractivity contribution is 0.0964. The summed E-state index contributed by atoms with van der Waals surface area (Å²) in [7, 11) is -0.0254. The summed E-state index contributed by atoms with van der Waals surface area (Å²) in [6.45, 7) is 0.379. The number of amides is 3. The standard InChI is InChI=1S/C28H25BFN3O5/c1-31-27(34)25-21-12-20(15-2-3-15)22(13-24(21)38-26(25)17-6-10-19(30)11-7-17)33-23(14-32-28(33)35)16-4-8-18(9-5-16)29(36)37/h4-13,15,23,36-37H,2-3,14H2,1H3,(H,31,34)(H,32,35). The van der Waals surface area contributed by atoms with Gasteiger partial charge in [-0.2, -0.15) is 0 Å². The Labute approximate surface area is 218 Å². The molecule has 0 radical (unpaired) electrons. The zero-order chi connectivity index (χ0) is 26.6. The third-order valence-corrected chi connectivity index (χ3v) is 7.27. The van der Waals surface area contributed by atoms with Gasteiger partial charge in [-0.05, 0) is 65.7 Å². The molecule has 3 amide bonds. The van der Waals surface area contributed by atoms with Gasteiger partial charge in [-0.1, -0.05) is 24.3 Å². The molecule has 2 heterocycles. The molecule has 1 aliphatic carbocycles. The Balaban J connectivity index is 1.51. The van der Waals surface area contributed by atoms with E-state index in [0.29, 0.717) is 45.6 Å². The molecule has 2 aliphatic rings. The maximum atomic E-state index is 13.6. The number of fused-ring (bicyclic) bond motifs is 1. The lowest BCUT2D eigenvalue weighted by Gasteiger charge is -2.26. The Morgan fingerprint density at radius 2 is 1.82 bits per heavy atom. The van der Waals surface area contributed by atoms with Gasteiger partial charge in [0.05, 0.1) is 17.3 Å². The molecule has 1 unspecified atom stereocenters. The lowest BCUT2D eigenvalue weighted by atomic mass is 9.80. The summed E-state index contributed by atoms with van der Waals surface area (Å²) < 4.78 is 19.8. The van der Waals surface area contributed by atoms with Crippen LogP contribution < -0.4 is 21.0 Å². The molecule has 1 saturated heterocycles. The maximum absolute atomic E-state index is 13.6. The molecule has 0 bridgehead atoms. The van der Waals surface area contributed by atoms with Crippen molar-refractivity contribution in [2.75, 3.05) is 18.5 Å². The number of nitrogens with one attached hydrogen (secondary N) is 2. The Bertz CT molecular complexity index is 1550. The Hall–Kier alpha value is -4.15. The first-order valence-corrected chi connectivity index (χ1v) is 12.5. The lowest BCUT2D eigenvalue weighted by Crippen LogP contribution is -2.32. The van der Waals surface area contributed by atoms with Crippen LogP contribution in [0, 0.1) is 5.82 Å². The molecule has 1 atom stereocenters. The Kier molecular flexibility index (Phi) is 5.93. The van der Waals surface area contributed by atoms with Crippen LogP contribution in [-0.4, -0.2) is 42.7 Å². The van der Waals surface area contributed by atoms with Crippen LogP contribution in [0.1, 0.15) is 46.3 Å². The number of benzene rings is 3. The van der Waals surface area contributed by atoms with E-state index in [9.17, 15) is 24.0 Å². The summed E-state index contributed by atoms with van der Waals surface area (Å²) in [4.78, 5) is 27.9. The van der Waals surface area contributed by atoms with E-state index in [0.717, 1.165) is 24.0 Å². The van der Waals surface area contributed by atoms with Crippen molar-refractivity contribution < 1.29 is 28.4 Å². The normalized spacial score (nSPS) is 17.1. The summed E-state index contributed by atoms with van der Waals surface area (Å²) in [5.41, 5.74) is 4.24. The van der Waals surface area contributed by atoms with Crippen LogP contribution in [0.5, 0.6) is 0 Å². The van der Waals surface area contributed by atoms with Crippen LogP contribution in [0.4, 0.5) is 14.9 Å². The minimum absolute atomic E-state index is 0.247. The number of urea groups is 1. The highest BCUT2D eigenvalue weighted by Crippen LogP contribution is 2.49. The Morgan fingerprint density at radius 3 is 2.45 bits per heavy atom. The van der Waals surface area contributed by atoms with Gasteiger partial charge in [0.15, 0.2) is 0 Å². The monoisotopic (exact) mass is 513 g/mol. The molecule has 38 heavy (non-hydrogen) atoms. The summed E-state index contributed by atoms with van der Waals surface area (Å²) in [5, 5.41) is 25.1. The van der Waals surface area contributed by atoms with E-state index in [2.05, 4.69) is 10.6 Å². The van der Waals surface area contributed by atoms with Gasteiger partial charge in [0, 0.05) is 30.6 Å². The number of hydrogen-bond donors (Lipinski definition) is 4. The third kappa shape index (κ3) is 4.11. The highest BCUT2D eigenvalue weighted by molar-refractivity contribution is 6.58. The van der Waals surface area contributed by atoms with Crippen LogP contribution >= 0.6 is 0 Å². The van der Waals surface area contributed by atoms with E-state index in [1.54, 1.807) is 48.3 Å². The smallest absolute Gasteiger partial charge is 0.455 e. The van der Waals surface area contributed by atoms with Gasteiger partial charge in [0.2, 0.25) is 0 Å². The van der Waals surface area contributed by atoms with E-state index in [-0.39, 0.29) is 23.9 Å². The van der Waals surface area contributed by atoms with Crippen molar-refractivity contribution in [3.05, 3.63) is 83.2 Å². The first kappa shape index (κ1) is 24.2. The molecule has 2 fully saturated rings. The zero-order valence-electron chi connectivity index (χ0n) is 20.6. The van der Waals surface area contributed by atoms with Crippen LogP contribution in [-0.2, 0) is 0 Å². The molecule has 6 rings (SSSR count). The predicted octanol–water partition coefficient (Wildman–Crippen LogP) is 3.43. The molecule has 1 saturated carbocycles. The maximum Gasteiger partial charge on any atom is 0.488 e. The summed E-state index contributed by atoms with van der Waals surface area (Å²) >= 11 is 0. The Morgan fingerprint density at radius 1 is 1.11 bits per heavy atom. The average molecular weight is 513 g/mol. The van der Waals surface area contributed by atoms with Crippen molar-refractivity contribution in [2.45, 2.75) is 24.8 Å². The first-order chi connectivity index (χ1) is 18.4. The second kappa shape index (κ2) is 9.31. The largest absolute Gasteiger partial charge is 0.488 e. The van der Waals surface area contributed by atoms with Crippen LogP contribution in [0.15, 0.2) is 65.1 Å². The first-order valence-electron chi connectivity index (χ1n) is 12.5. The number of anilines is 1. The van der Waals surface area contributed by atoms with E-state index < -0.39 is 12.9 Å². The van der Waals surface area contributed by atoms with E-state index in [1.807, 2.05) is 12.1 Å². The SMILES string of the molecule is CNC(=O)c1c(-c2ccc(F)cc2)oc2cc(N3C(=O)NCC3c3ccc(B(O)O)cc3)c(C3CC3)cc12. The van der Waals surface area contributed by atoms with Crippen molar-refractivity contribution in [1.82, 2.24) is 10.6 Å². The molecule has 4 aromatic rings. The number of carbonyl (C=O) groups is 2. The number of furan rings is 1. The molecular formula is C28H25BFN3O5. The van der Waals surface area contributed by atoms with Gasteiger partial charge in [0.1, 0.15) is 17.2 Å². The van der Waals surface area contributed by atoms with Crippen LogP contribution in [0.25, 0.3) is 22.3 Å². The molecular weight excluding hydrogens is 488 g/mol. The van der Waals surface area contributed by atoms with Gasteiger partial charge in [-0.15, -0.1) is 0 Å². The van der Waals surface area contributed by atoms with E-state index in [1.165, 1.54) is 12.1 Å². The molecule has 1 aromatic heterocycles. The fourth-order valence-electron chi connectivity index (χ4n) is 5.17. The molecule has 8 nitrogen and oxygen atoms in total. The fraction of sp³-hybridized carbons (Fsp3) is 0.214. The van der Waals surface area contributed by atoms with Gasteiger partial charge in [0.25, 0.3) is 5.91 Å². The van der Waals surface area contributed by atoms with Gasteiger partial charge < -0.3 is 25.1 Å². The number of nitrogens with zero attached hydrogens (tertiary/aromatic N) is 1. The second-order valence-electron chi connectivity index (χ2n) is 9.69. The molecule has 1 aliphatic heterocycles. The van der Waals surface area contributed by atoms with Crippen molar-refractivity contribution >= 4 is 41.2 Å². The van der Waals surface area contributed by atoms with Crippen molar-refractivity contribution in [2.24, 2.45) is 0 Å². The van der Waals surface area contributed by atoms with Crippen molar-refractivity contribution in [3.8, 4) is 11.3 Å². The van der Waals surface area contributed by atoms with E-state index >= 15 is 0 Å². The molecule has 3 aromatic carbocycles. The number of rotatable bonds is 6. The molecule has 10 heteroatoms.